The van der Waals surface area contributed by atoms with Crippen LogP contribution in [0, 0.1) is 0 Å². The van der Waals surface area contributed by atoms with Crippen LogP contribution in [0.1, 0.15) is 114 Å². The van der Waals surface area contributed by atoms with E-state index in [1.807, 2.05) is 0 Å². The first-order valence-corrected chi connectivity index (χ1v) is 15.2. The van der Waals surface area contributed by atoms with Gasteiger partial charge < -0.3 is 4.48 Å². The molecule has 0 heterocycles. The zero-order chi connectivity index (χ0) is 24.4. The summed E-state index contributed by atoms with van der Waals surface area (Å²) in [6.45, 7) is 3.90. The monoisotopic (exact) mass is 482 g/mol. The second-order valence-corrected chi connectivity index (χ2v) is 12.1. The molecule has 0 atom stereocenters. The van der Waals surface area contributed by atoms with Gasteiger partial charge in [0.25, 0.3) is 10.1 Å². The van der Waals surface area contributed by atoms with Gasteiger partial charge in [0.1, 0.15) is 6.54 Å². The van der Waals surface area contributed by atoms with Crippen LogP contribution < -0.4 is 0 Å². The summed E-state index contributed by atoms with van der Waals surface area (Å²) in [7, 11) is 0.395. The molecule has 1 N–H and O–H groups in total. The molecule has 0 unspecified atom stereocenters. The standard InChI is InChI=1S/C28H51NO3S/c1-4-5-6-7-8-9-10-11-12-13-14-15-16-17-21-27-22-18-19-23-28(27)26-29(2,3)24-20-25-33(30,31)32/h18-19,22-23H,4-17,20-21,24-26H2,1-3H3/p+1. The summed E-state index contributed by atoms with van der Waals surface area (Å²) in [5.74, 6) is -0.157. The quantitative estimate of drug-likeness (QED) is 0.112. The predicted octanol–water partition coefficient (Wildman–Crippen LogP) is 7.56. The Bertz CT molecular complexity index is 716. The normalized spacial score (nSPS) is 12.4. The first kappa shape index (κ1) is 30.1. The molecule has 0 aliphatic rings. The number of rotatable bonds is 21. The van der Waals surface area contributed by atoms with Crippen molar-refractivity contribution >= 4 is 10.1 Å². The van der Waals surface area contributed by atoms with Crippen molar-refractivity contribution in [1.29, 1.82) is 0 Å². The van der Waals surface area contributed by atoms with Crippen LogP contribution in [0.4, 0.5) is 0 Å². The van der Waals surface area contributed by atoms with Gasteiger partial charge in [-0.3, -0.25) is 4.55 Å². The minimum absolute atomic E-state index is 0.157. The van der Waals surface area contributed by atoms with Gasteiger partial charge >= 0.3 is 0 Å². The largest absolute Gasteiger partial charge is 0.325 e. The summed E-state index contributed by atoms with van der Waals surface area (Å²) in [4.78, 5) is 0. The van der Waals surface area contributed by atoms with Crippen LogP contribution >= 0.6 is 0 Å². The highest BCUT2D eigenvalue weighted by atomic mass is 32.2. The maximum atomic E-state index is 11.0. The summed E-state index contributed by atoms with van der Waals surface area (Å²) < 4.78 is 31.7. The molecule has 0 amide bonds. The van der Waals surface area contributed by atoms with Crippen molar-refractivity contribution in [2.75, 3.05) is 26.4 Å². The van der Waals surface area contributed by atoms with Crippen LogP contribution in [-0.2, 0) is 23.1 Å². The van der Waals surface area contributed by atoms with E-state index >= 15 is 0 Å². The second-order valence-electron chi connectivity index (χ2n) is 10.6. The number of benzene rings is 1. The lowest BCUT2D eigenvalue weighted by atomic mass is 9.99. The molecule has 1 aromatic carbocycles. The molecule has 5 heteroatoms. The summed E-state index contributed by atoms with van der Waals surface area (Å²) in [6, 6.07) is 8.68. The fourth-order valence-electron chi connectivity index (χ4n) is 4.68. The van der Waals surface area contributed by atoms with Crippen LogP contribution in [0.3, 0.4) is 0 Å². The molecule has 33 heavy (non-hydrogen) atoms. The number of nitrogens with zero attached hydrogens (tertiary/aromatic N) is 1. The predicted molar refractivity (Wildman–Crippen MR) is 142 cm³/mol. The van der Waals surface area contributed by atoms with Gasteiger partial charge in [-0.05, 0) is 18.4 Å². The zero-order valence-electron chi connectivity index (χ0n) is 21.9. The molecule has 1 rings (SSSR count). The lowest BCUT2D eigenvalue weighted by Gasteiger charge is -2.30. The Morgan fingerprint density at radius 1 is 0.697 bits per heavy atom. The van der Waals surface area contributed by atoms with E-state index in [0.29, 0.717) is 6.42 Å². The lowest BCUT2D eigenvalue weighted by Crippen LogP contribution is -2.40. The molecular formula is C28H52NO3S+. The van der Waals surface area contributed by atoms with Crippen LogP contribution in [0.15, 0.2) is 24.3 Å². The van der Waals surface area contributed by atoms with Crippen molar-refractivity contribution in [3.05, 3.63) is 35.4 Å². The molecule has 0 spiro atoms. The minimum atomic E-state index is -3.87. The van der Waals surface area contributed by atoms with E-state index in [1.165, 1.54) is 101 Å². The van der Waals surface area contributed by atoms with Crippen LogP contribution in [-0.4, -0.2) is 43.8 Å². The van der Waals surface area contributed by atoms with Crippen LogP contribution in [0.2, 0.25) is 0 Å². The third-order valence-electron chi connectivity index (χ3n) is 6.68. The van der Waals surface area contributed by atoms with Crippen LogP contribution in [0.5, 0.6) is 0 Å². The van der Waals surface area contributed by atoms with Gasteiger partial charge in [0, 0.05) is 12.0 Å². The van der Waals surface area contributed by atoms with Gasteiger partial charge in [0.2, 0.25) is 0 Å². The van der Waals surface area contributed by atoms with E-state index in [0.717, 1.165) is 24.0 Å². The topological polar surface area (TPSA) is 54.4 Å². The first-order chi connectivity index (χ1) is 15.7. The maximum absolute atomic E-state index is 11.0. The molecule has 0 fully saturated rings. The summed E-state index contributed by atoms with van der Waals surface area (Å²) >= 11 is 0. The number of hydrogen-bond donors (Lipinski definition) is 1. The molecule has 0 saturated heterocycles. The number of unbranched alkanes of at least 4 members (excludes halogenated alkanes) is 13. The molecule has 0 saturated carbocycles. The zero-order valence-corrected chi connectivity index (χ0v) is 22.7. The third kappa shape index (κ3) is 17.2. The van der Waals surface area contributed by atoms with E-state index in [2.05, 4.69) is 45.3 Å². The highest BCUT2D eigenvalue weighted by molar-refractivity contribution is 7.85. The van der Waals surface area contributed by atoms with E-state index in [9.17, 15) is 8.42 Å². The van der Waals surface area contributed by atoms with Crippen molar-refractivity contribution in [3.8, 4) is 0 Å². The van der Waals surface area contributed by atoms with Crippen molar-refractivity contribution in [2.24, 2.45) is 0 Å². The van der Waals surface area contributed by atoms with Gasteiger partial charge in [-0.2, -0.15) is 8.42 Å². The van der Waals surface area contributed by atoms with Gasteiger partial charge in [-0.25, -0.2) is 0 Å². The Morgan fingerprint density at radius 2 is 1.15 bits per heavy atom. The number of aryl methyl sites for hydroxylation is 1. The first-order valence-electron chi connectivity index (χ1n) is 13.6. The van der Waals surface area contributed by atoms with E-state index in [4.69, 9.17) is 4.55 Å². The molecule has 192 valence electrons. The van der Waals surface area contributed by atoms with E-state index in [1.54, 1.807) is 0 Å². The van der Waals surface area contributed by atoms with E-state index in [-0.39, 0.29) is 5.75 Å². The Balaban J connectivity index is 2.16. The minimum Gasteiger partial charge on any atom is -0.325 e. The fourth-order valence-corrected chi connectivity index (χ4v) is 5.17. The average Bonchev–Trinajstić information content (AvgIpc) is 2.73. The van der Waals surface area contributed by atoms with Crippen LogP contribution in [0.25, 0.3) is 0 Å². The maximum Gasteiger partial charge on any atom is 0.265 e. The molecular weight excluding hydrogens is 430 g/mol. The fraction of sp³-hybridized carbons (Fsp3) is 0.786. The SMILES string of the molecule is CCCCCCCCCCCCCCCCc1ccccc1C[N+](C)(C)CCCS(=O)(=O)O. The number of hydrogen-bond acceptors (Lipinski definition) is 2. The van der Waals surface area contributed by atoms with Crippen molar-refractivity contribution in [3.63, 3.8) is 0 Å². The third-order valence-corrected chi connectivity index (χ3v) is 7.49. The van der Waals surface area contributed by atoms with Gasteiger partial charge in [-0.15, -0.1) is 0 Å². The molecule has 0 bridgehead atoms. The lowest BCUT2D eigenvalue weighted by molar-refractivity contribution is -0.903. The van der Waals surface area contributed by atoms with Gasteiger partial charge in [0.05, 0.1) is 26.4 Å². The molecule has 0 aliphatic carbocycles. The summed E-state index contributed by atoms with van der Waals surface area (Å²) in [5.41, 5.74) is 2.79. The molecule has 0 aliphatic heterocycles. The van der Waals surface area contributed by atoms with E-state index < -0.39 is 10.1 Å². The van der Waals surface area contributed by atoms with Crippen molar-refractivity contribution < 1.29 is 17.5 Å². The van der Waals surface area contributed by atoms with Crippen molar-refractivity contribution in [1.82, 2.24) is 0 Å². The molecule has 4 nitrogen and oxygen atoms in total. The van der Waals surface area contributed by atoms with Gasteiger partial charge in [0.15, 0.2) is 0 Å². The molecule has 1 aromatic rings. The molecule has 0 aromatic heterocycles. The summed E-state index contributed by atoms with van der Waals surface area (Å²) in [6.07, 6.45) is 21.0. The Hall–Kier alpha value is -0.910. The highest BCUT2D eigenvalue weighted by Crippen LogP contribution is 2.19. The van der Waals surface area contributed by atoms with Crippen molar-refractivity contribution in [2.45, 2.75) is 116 Å². The summed E-state index contributed by atoms with van der Waals surface area (Å²) in [5, 5.41) is 0. The number of quaternary nitrogens is 1. The Morgan fingerprint density at radius 3 is 1.64 bits per heavy atom. The Labute approximate surface area is 205 Å². The average molecular weight is 483 g/mol. The smallest absolute Gasteiger partial charge is 0.265 e. The van der Waals surface area contributed by atoms with Gasteiger partial charge in [-0.1, -0.05) is 115 Å². The highest BCUT2D eigenvalue weighted by Gasteiger charge is 2.19. The second kappa shape index (κ2) is 17.5. The molecule has 0 radical (unpaired) electrons. The Kier molecular flexibility index (Phi) is 16.0.